The van der Waals surface area contributed by atoms with Gasteiger partial charge in [0.05, 0.1) is 0 Å². The highest BCUT2D eigenvalue weighted by Gasteiger charge is 2.32. The fourth-order valence-electron chi connectivity index (χ4n) is 3.06. The van der Waals surface area contributed by atoms with Gasteiger partial charge in [0.2, 0.25) is 0 Å². The lowest BCUT2D eigenvalue weighted by Gasteiger charge is -2.48. The van der Waals surface area contributed by atoms with E-state index in [4.69, 9.17) is 0 Å². The number of benzene rings is 1. The van der Waals surface area contributed by atoms with Gasteiger partial charge in [-0.05, 0) is 19.7 Å². The zero-order chi connectivity index (χ0) is 13.9. The summed E-state index contributed by atoms with van der Waals surface area (Å²) in [5, 5.41) is 0. The van der Waals surface area contributed by atoms with Gasteiger partial charge in [-0.2, -0.15) is 0 Å². The van der Waals surface area contributed by atoms with Crippen LogP contribution in [-0.4, -0.2) is 72.3 Å². The molecule has 2 bridgehead atoms. The lowest BCUT2D eigenvalue weighted by atomic mass is 10.2. The van der Waals surface area contributed by atoms with Crippen LogP contribution in [0.5, 0.6) is 0 Å². The molecule has 4 rings (SSSR count). The Morgan fingerprint density at radius 2 is 1.45 bits per heavy atom. The van der Waals surface area contributed by atoms with E-state index in [9.17, 15) is 0 Å². The van der Waals surface area contributed by atoms with Crippen molar-refractivity contribution in [2.24, 2.45) is 0 Å². The highest BCUT2D eigenvalue weighted by atomic mass is 31.2. The number of likely N-dealkylation sites (N-methyl/N-ethyl adjacent to an activating group) is 2. The quantitative estimate of drug-likeness (QED) is 0.772. The van der Waals surface area contributed by atoms with Crippen molar-refractivity contribution < 1.29 is 0 Å². The van der Waals surface area contributed by atoms with Crippen LogP contribution in [0.15, 0.2) is 30.3 Å². The fraction of sp³-hybridized carbons (Fsp3) is 0.600. The van der Waals surface area contributed by atoms with E-state index in [1.54, 1.807) is 0 Å². The summed E-state index contributed by atoms with van der Waals surface area (Å²) in [7, 11) is 4.26. The first-order valence-electron chi connectivity index (χ1n) is 7.47. The van der Waals surface area contributed by atoms with Crippen molar-refractivity contribution in [2.75, 3.05) is 53.4 Å². The van der Waals surface area contributed by atoms with Gasteiger partial charge in [0.15, 0.2) is 0 Å². The average Bonchev–Trinajstić information content (AvgIpc) is 2.43. The molecule has 3 fully saturated rings. The molecule has 1 aromatic rings. The molecule has 0 amide bonds. The molecule has 20 heavy (non-hydrogen) atoms. The maximum Gasteiger partial charge on any atom is 0.120 e. The molecule has 0 aliphatic carbocycles. The van der Waals surface area contributed by atoms with Crippen molar-refractivity contribution in [3.63, 3.8) is 0 Å². The first-order chi connectivity index (χ1) is 9.74. The standard InChI is InChI=1S/C15H25N4P/c1-16-8-10-18-11-9-17(2)20(16)19(13-12-18)14-15-6-4-3-5-7-15/h3-7H,8-14H2,1-2H3. The van der Waals surface area contributed by atoms with E-state index >= 15 is 0 Å². The van der Waals surface area contributed by atoms with E-state index in [-0.39, 0.29) is 8.37 Å². The average molecular weight is 292 g/mol. The summed E-state index contributed by atoms with van der Waals surface area (Å²) in [6.45, 7) is 8.27. The molecule has 4 nitrogen and oxygen atoms in total. The van der Waals surface area contributed by atoms with Gasteiger partial charge in [0.25, 0.3) is 0 Å². The van der Waals surface area contributed by atoms with Crippen LogP contribution in [0.2, 0.25) is 0 Å². The van der Waals surface area contributed by atoms with Crippen molar-refractivity contribution in [1.82, 2.24) is 18.9 Å². The van der Waals surface area contributed by atoms with Crippen molar-refractivity contribution in [3.05, 3.63) is 35.9 Å². The molecule has 0 unspecified atom stereocenters. The van der Waals surface area contributed by atoms with E-state index in [1.165, 1.54) is 44.8 Å². The summed E-state index contributed by atoms with van der Waals surface area (Å²) in [4.78, 5) is 2.61. The Labute approximate surface area is 123 Å². The molecule has 1 aromatic carbocycles. The third-order valence-corrected chi connectivity index (χ3v) is 6.69. The van der Waals surface area contributed by atoms with Crippen molar-refractivity contribution in [2.45, 2.75) is 6.54 Å². The Kier molecular flexibility index (Phi) is 4.69. The summed E-state index contributed by atoms with van der Waals surface area (Å²) in [6.07, 6.45) is 0. The molecule has 5 heteroatoms. The summed E-state index contributed by atoms with van der Waals surface area (Å²) in [5.74, 6) is 0. The van der Waals surface area contributed by atoms with Gasteiger partial charge in [-0.1, -0.05) is 30.3 Å². The SMILES string of the molecule is CN1CCN2CCN(C)P1N(Cc1ccccc1)CC2. The molecular weight excluding hydrogens is 267 g/mol. The van der Waals surface area contributed by atoms with Gasteiger partial charge >= 0.3 is 0 Å². The maximum absolute atomic E-state index is 2.68. The van der Waals surface area contributed by atoms with E-state index < -0.39 is 0 Å². The van der Waals surface area contributed by atoms with Gasteiger partial charge < -0.3 is 0 Å². The first kappa shape index (κ1) is 14.4. The van der Waals surface area contributed by atoms with Crippen LogP contribution in [-0.2, 0) is 6.54 Å². The summed E-state index contributed by atoms with van der Waals surface area (Å²) in [5.41, 5.74) is 1.43. The monoisotopic (exact) mass is 292 g/mol. The van der Waals surface area contributed by atoms with Gasteiger partial charge in [-0.25, -0.2) is 0 Å². The lowest BCUT2D eigenvalue weighted by molar-refractivity contribution is 0.179. The van der Waals surface area contributed by atoms with E-state index in [0.717, 1.165) is 6.54 Å². The van der Waals surface area contributed by atoms with E-state index in [1.807, 2.05) is 0 Å². The van der Waals surface area contributed by atoms with Gasteiger partial charge in [0, 0.05) is 45.8 Å². The Hall–Kier alpha value is -0.510. The highest BCUT2D eigenvalue weighted by molar-refractivity contribution is 7.50. The molecule has 0 saturated carbocycles. The summed E-state index contributed by atoms with van der Waals surface area (Å²) >= 11 is 0. The molecule has 110 valence electrons. The van der Waals surface area contributed by atoms with Crippen LogP contribution in [0.25, 0.3) is 0 Å². The van der Waals surface area contributed by atoms with Crippen LogP contribution >= 0.6 is 8.37 Å². The Morgan fingerprint density at radius 3 is 2.10 bits per heavy atom. The molecule has 0 spiro atoms. The maximum atomic E-state index is 2.68. The fourth-order valence-corrected chi connectivity index (χ4v) is 5.54. The molecule has 0 N–H and O–H groups in total. The third kappa shape index (κ3) is 3.21. The first-order valence-corrected chi connectivity index (χ1v) is 8.67. The number of nitrogens with zero attached hydrogens (tertiary/aromatic N) is 4. The minimum atomic E-state index is -0.314. The molecule has 3 aliphatic heterocycles. The Morgan fingerprint density at radius 1 is 0.850 bits per heavy atom. The van der Waals surface area contributed by atoms with Crippen molar-refractivity contribution >= 4 is 8.37 Å². The van der Waals surface area contributed by atoms with Crippen LogP contribution in [0.4, 0.5) is 0 Å². The number of hydrogen-bond donors (Lipinski definition) is 0. The van der Waals surface area contributed by atoms with E-state index in [2.05, 4.69) is 63.3 Å². The van der Waals surface area contributed by atoms with Crippen LogP contribution in [0.1, 0.15) is 5.56 Å². The predicted molar refractivity (Wildman–Crippen MR) is 85.5 cm³/mol. The topological polar surface area (TPSA) is 13.0 Å². The minimum absolute atomic E-state index is 0.314. The molecular formula is C15H25N4P. The smallest absolute Gasteiger partial charge is 0.120 e. The molecule has 3 saturated heterocycles. The van der Waals surface area contributed by atoms with Gasteiger partial charge in [-0.3, -0.25) is 18.9 Å². The molecule has 0 atom stereocenters. The molecule has 3 aliphatic rings. The summed E-state index contributed by atoms with van der Waals surface area (Å²) in [6, 6.07) is 10.9. The van der Waals surface area contributed by atoms with E-state index in [0.29, 0.717) is 0 Å². The van der Waals surface area contributed by atoms with Crippen LogP contribution in [0, 0.1) is 0 Å². The Bertz CT molecular complexity index is 413. The van der Waals surface area contributed by atoms with Crippen molar-refractivity contribution in [3.8, 4) is 0 Å². The number of fused-ring (bicyclic) bond motifs is 6. The number of hydrogen-bond acceptors (Lipinski definition) is 4. The Balaban J connectivity index is 1.80. The van der Waals surface area contributed by atoms with Gasteiger partial charge in [0.1, 0.15) is 8.37 Å². The normalized spacial score (nSPS) is 29.9. The zero-order valence-corrected chi connectivity index (χ0v) is 13.5. The molecule has 3 heterocycles. The minimum Gasteiger partial charge on any atom is -0.299 e. The third-order valence-electron chi connectivity index (χ3n) is 4.23. The van der Waals surface area contributed by atoms with Crippen molar-refractivity contribution in [1.29, 1.82) is 0 Å². The summed E-state index contributed by atoms with van der Waals surface area (Å²) < 4.78 is 7.79. The highest BCUT2D eigenvalue weighted by Crippen LogP contribution is 2.47. The van der Waals surface area contributed by atoms with Gasteiger partial charge in [-0.15, -0.1) is 0 Å². The number of rotatable bonds is 2. The molecule has 0 aromatic heterocycles. The second kappa shape index (κ2) is 6.50. The second-order valence-electron chi connectivity index (χ2n) is 5.75. The van der Waals surface area contributed by atoms with Crippen LogP contribution in [0.3, 0.4) is 0 Å². The largest absolute Gasteiger partial charge is 0.299 e. The second-order valence-corrected chi connectivity index (χ2v) is 8.21. The predicted octanol–water partition coefficient (Wildman–Crippen LogP) is 1.91. The molecule has 0 radical (unpaired) electrons. The zero-order valence-electron chi connectivity index (χ0n) is 12.6. The van der Waals surface area contributed by atoms with Crippen LogP contribution < -0.4 is 0 Å². The lowest BCUT2D eigenvalue weighted by Crippen LogP contribution is -2.50.